The Bertz CT molecular complexity index is 277. The molecule has 78 valence electrons. The second kappa shape index (κ2) is 4.46. The molecule has 2 rings (SSSR count). The third-order valence-corrected chi connectivity index (χ3v) is 2.49. The van der Waals surface area contributed by atoms with E-state index in [9.17, 15) is 0 Å². The summed E-state index contributed by atoms with van der Waals surface area (Å²) in [6.07, 6.45) is 7.63. The van der Waals surface area contributed by atoms with Crippen molar-refractivity contribution in [3.63, 3.8) is 0 Å². The van der Waals surface area contributed by atoms with Gasteiger partial charge in [0.2, 0.25) is 0 Å². The van der Waals surface area contributed by atoms with Crippen molar-refractivity contribution in [3.05, 3.63) is 12.4 Å². The Morgan fingerprint density at radius 2 is 2.50 bits per heavy atom. The molecular weight excluding hydrogens is 178 g/mol. The molecule has 1 aliphatic rings. The van der Waals surface area contributed by atoms with E-state index >= 15 is 0 Å². The zero-order valence-electron chi connectivity index (χ0n) is 8.57. The maximum absolute atomic E-state index is 5.81. The highest BCUT2D eigenvalue weighted by atomic mass is 16.5. The van der Waals surface area contributed by atoms with Gasteiger partial charge in [0.1, 0.15) is 6.10 Å². The van der Waals surface area contributed by atoms with Crippen LogP contribution in [0.1, 0.15) is 19.3 Å². The molecule has 0 bridgehead atoms. The third-order valence-electron chi connectivity index (χ3n) is 2.49. The fraction of sp³-hybridized carbons (Fsp3) is 0.700. The summed E-state index contributed by atoms with van der Waals surface area (Å²) in [4.78, 5) is 0. The predicted octanol–water partition coefficient (Wildman–Crippen LogP) is 0.941. The fourth-order valence-corrected chi connectivity index (χ4v) is 1.74. The predicted molar refractivity (Wildman–Crippen MR) is 54.3 cm³/mol. The first-order chi connectivity index (χ1) is 6.84. The largest absolute Gasteiger partial charge is 0.486 e. The number of hydrogen-bond acceptors (Lipinski definition) is 3. The molecule has 1 N–H and O–H groups in total. The van der Waals surface area contributed by atoms with Gasteiger partial charge in [-0.2, -0.15) is 5.10 Å². The lowest BCUT2D eigenvalue weighted by Gasteiger charge is -2.15. The van der Waals surface area contributed by atoms with Crippen LogP contribution in [0.5, 0.6) is 5.75 Å². The number of aromatic nitrogens is 2. The van der Waals surface area contributed by atoms with E-state index in [4.69, 9.17) is 4.74 Å². The Labute approximate surface area is 84.3 Å². The summed E-state index contributed by atoms with van der Waals surface area (Å²) in [6, 6.07) is 0. The lowest BCUT2D eigenvalue weighted by Crippen LogP contribution is -2.29. The van der Waals surface area contributed by atoms with Crippen molar-refractivity contribution in [2.45, 2.75) is 25.4 Å². The van der Waals surface area contributed by atoms with E-state index in [1.165, 1.54) is 12.8 Å². The highest BCUT2D eigenvalue weighted by molar-refractivity contribution is 5.11. The lowest BCUT2D eigenvalue weighted by atomic mass is 10.2. The van der Waals surface area contributed by atoms with E-state index in [-0.39, 0.29) is 0 Å². The second-order valence-electron chi connectivity index (χ2n) is 3.79. The van der Waals surface area contributed by atoms with Crippen LogP contribution in [0, 0.1) is 0 Å². The molecule has 1 aromatic rings. The number of nitrogens with one attached hydrogen (secondary N) is 1. The van der Waals surface area contributed by atoms with Crippen LogP contribution in [-0.4, -0.2) is 29.0 Å². The van der Waals surface area contributed by atoms with Gasteiger partial charge in [-0.1, -0.05) is 0 Å². The normalized spacial score (nSPS) is 23.1. The van der Waals surface area contributed by atoms with Gasteiger partial charge in [0.15, 0.2) is 5.75 Å². The van der Waals surface area contributed by atoms with Crippen molar-refractivity contribution in [2.24, 2.45) is 7.05 Å². The molecule has 1 saturated heterocycles. The lowest BCUT2D eigenvalue weighted by molar-refractivity contribution is 0.194. The molecule has 4 heteroatoms. The molecule has 0 aliphatic carbocycles. The Kier molecular flexibility index (Phi) is 3.03. The van der Waals surface area contributed by atoms with Gasteiger partial charge < -0.3 is 10.1 Å². The number of ether oxygens (including phenoxy) is 1. The minimum Gasteiger partial charge on any atom is -0.486 e. The van der Waals surface area contributed by atoms with Crippen molar-refractivity contribution < 1.29 is 4.74 Å². The SMILES string of the molecule is Cn1cc(OC2CCCCNC2)cn1. The zero-order chi connectivity index (χ0) is 9.80. The van der Waals surface area contributed by atoms with Gasteiger partial charge in [-0.05, 0) is 25.8 Å². The van der Waals surface area contributed by atoms with Crippen LogP contribution in [0.4, 0.5) is 0 Å². The van der Waals surface area contributed by atoms with E-state index in [1.54, 1.807) is 10.9 Å². The van der Waals surface area contributed by atoms with Gasteiger partial charge in [-0.15, -0.1) is 0 Å². The van der Waals surface area contributed by atoms with Gasteiger partial charge in [0.05, 0.1) is 12.4 Å². The monoisotopic (exact) mass is 195 g/mol. The van der Waals surface area contributed by atoms with Crippen LogP contribution < -0.4 is 10.1 Å². The number of aryl methyl sites for hydroxylation is 1. The van der Waals surface area contributed by atoms with E-state index < -0.39 is 0 Å². The molecule has 0 aromatic carbocycles. The van der Waals surface area contributed by atoms with Gasteiger partial charge in [0.25, 0.3) is 0 Å². The van der Waals surface area contributed by atoms with E-state index in [1.807, 2.05) is 13.2 Å². The molecule has 1 aromatic heterocycles. The summed E-state index contributed by atoms with van der Waals surface area (Å²) >= 11 is 0. The number of nitrogens with zero attached hydrogens (tertiary/aromatic N) is 2. The van der Waals surface area contributed by atoms with E-state index in [0.29, 0.717) is 6.10 Å². The van der Waals surface area contributed by atoms with Crippen molar-refractivity contribution in [3.8, 4) is 5.75 Å². The van der Waals surface area contributed by atoms with Crippen LogP contribution in [0.15, 0.2) is 12.4 Å². The van der Waals surface area contributed by atoms with E-state index in [0.717, 1.165) is 25.3 Å². The standard InChI is InChI=1S/C10H17N3O/c1-13-8-10(7-12-13)14-9-4-2-3-5-11-6-9/h7-9,11H,2-6H2,1H3. The molecule has 1 fully saturated rings. The zero-order valence-corrected chi connectivity index (χ0v) is 8.57. The van der Waals surface area contributed by atoms with Gasteiger partial charge >= 0.3 is 0 Å². The third kappa shape index (κ3) is 2.48. The molecule has 1 atom stereocenters. The van der Waals surface area contributed by atoms with Crippen LogP contribution in [-0.2, 0) is 7.05 Å². The van der Waals surface area contributed by atoms with Crippen molar-refractivity contribution >= 4 is 0 Å². The van der Waals surface area contributed by atoms with Gasteiger partial charge in [-0.3, -0.25) is 4.68 Å². The summed E-state index contributed by atoms with van der Waals surface area (Å²) < 4.78 is 7.57. The summed E-state index contributed by atoms with van der Waals surface area (Å²) in [5.41, 5.74) is 0. The molecule has 0 amide bonds. The van der Waals surface area contributed by atoms with Crippen LogP contribution in [0.3, 0.4) is 0 Å². The highest BCUT2D eigenvalue weighted by Crippen LogP contribution is 2.14. The molecule has 4 nitrogen and oxygen atoms in total. The molecule has 1 unspecified atom stereocenters. The maximum atomic E-state index is 5.81. The fourth-order valence-electron chi connectivity index (χ4n) is 1.74. The Balaban J connectivity index is 1.89. The molecule has 0 spiro atoms. The van der Waals surface area contributed by atoms with Crippen molar-refractivity contribution in [1.29, 1.82) is 0 Å². The highest BCUT2D eigenvalue weighted by Gasteiger charge is 2.13. The summed E-state index contributed by atoms with van der Waals surface area (Å²) in [6.45, 7) is 2.07. The summed E-state index contributed by atoms with van der Waals surface area (Å²) in [5, 5.41) is 7.45. The average molecular weight is 195 g/mol. The first-order valence-corrected chi connectivity index (χ1v) is 5.20. The van der Waals surface area contributed by atoms with Crippen molar-refractivity contribution in [1.82, 2.24) is 15.1 Å². The topological polar surface area (TPSA) is 39.1 Å². The molecule has 0 saturated carbocycles. The molecule has 1 aliphatic heterocycles. The molecule has 14 heavy (non-hydrogen) atoms. The Morgan fingerprint density at radius 3 is 3.29 bits per heavy atom. The first-order valence-electron chi connectivity index (χ1n) is 5.20. The quantitative estimate of drug-likeness (QED) is 0.763. The first kappa shape index (κ1) is 9.52. The van der Waals surface area contributed by atoms with Crippen LogP contribution >= 0.6 is 0 Å². The van der Waals surface area contributed by atoms with E-state index in [2.05, 4.69) is 10.4 Å². The number of hydrogen-bond donors (Lipinski definition) is 1. The van der Waals surface area contributed by atoms with Gasteiger partial charge in [-0.25, -0.2) is 0 Å². The maximum Gasteiger partial charge on any atom is 0.157 e. The minimum atomic E-state index is 0.307. The number of rotatable bonds is 2. The smallest absolute Gasteiger partial charge is 0.157 e. The Hall–Kier alpha value is -1.03. The molecular formula is C10H17N3O. The Morgan fingerprint density at radius 1 is 1.57 bits per heavy atom. The molecule has 0 radical (unpaired) electrons. The van der Waals surface area contributed by atoms with Crippen LogP contribution in [0.25, 0.3) is 0 Å². The second-order valence-corrected chi connectivity index (χ2v) is 3.79. The summed E-state index contributed by atoms with van der Waals surface area (Å²) in [5.74, 6) is 0.876. The van der Waals surface area contributed by atoms with Gasteiger partial charge in [0, 0.05) is 13.6 Å². The average Bonchev–Trinajstić information content (AvgIpc) is 2.43. The molecule has 2 heterocycles. The van der Waals surface area contributed by atoms with Crippen molar-refractivity contribution in [2.75, 3.05) is 13.1 Å². The summed E-state index contributed by atoms with van der Waals surface area (Å²) in [7, 11) is 1.90. The minimum absolute atomic E-state index is 0.307. The van der Waals surface area contributed by atoms with Crippen LogP contribution in [0.2, 0.25) is 0 Å².